The Kier molecular flexibility index (Phi) is 7.08. The van der Waals surface area contributed by atoms with Crippen LogP contribution in [0.2, 0.25) is 0 Å². The molecule has 35 heavy (non-hydrogen) atoms. The van der Waals surface area contributed by atoms with Gasteiger partial charge in [-0.25, -0.2) is 9.59 Å². The van der Waals surface area contributed by atoms with Crippen LogP contribution < -0.4 is 22.5 Å². The number of hydrogen-bond donors (Lipinski definition) is 1. The van der Waals surface area contributed by atoms with Gasteiger partial charge in [-0.3, -0.25) is 33.6 Å². The van der Waals surface area contributed by atoms with Crippen LogP contribution in [-0.4, -0.2) is 37.5 Å². The summed E-state index contributed by atoms with van der Waals surface area (Å²) in [5.41, 5.74) is 2.03. The lowest BCUT2D eigenvalue weighted by Gasteiger charge is -2.16. The number of carbonyl (C=O) groups excluding carboxylic acids is 2. The fourth-order valence-corrected chi connectivity index (χ4v) is 3.51. The molecule has 13 nitrogen and oxygen atoms in total. The molecule has 2 aromatic heterocycles. The smallest absolute Gasteiger partial charge is 0.339 e. The van der Waals surface area contributed by atoms with Crippen LogP contribution in [0.25, 0.3) is 0 Å². The summed E-state index contributed by atoms with van der Waals surface area (Å²) in [4.78, 5) is 73.7. The van der Waals surface area contributed by atoms with E-state index in [1.54, 1.807) is 30.3 Å². The van der Waals surface area contributed by atoms with Crippen LogP contribution in [-0.2, 0) is 24.4 Å². The molecule has 2 N–H and O–H groups in total. The van der Waals surface area contributed by atoms with Crippen molar-refractivity contribution in [2.75, 3.05) is 12.8 Å². The standard InChI is InChI=1S/C22H21N5O8/c1-3-25-20(30)17(18(23)26(22(25)32)10-13-7-5-4-6-8-13)16(28)12-24-11-14(21(31)35-2)9-15(19(24)29)27(33)34/h4-9,11H,3,10,12,23H2,1-2H3. The van der Waals surface area contributed by atoms with Crippen molar-refractivity contribution in [2.24, 2.45) is 0 Å². The number of ketones is 1. The third-order valence-electron chi connectivity index (χ3n) is 5.25. The highest BCUT2D eigenvalue weighted by Gasteiger charge is 2.26. The Morgan fingerprint density at radius 1 is 1.09 bits per heavy atom. The van der Waals surface area contributed by atoms with Gasteiger partial charge in [-0.2, -0.15) is 0 Å². The lowest BCUT2D eigenvalue weighted by molar-refractivity contribution is -0.386. The molecule has 0 atom stereocenters. The van der Waals surface area contributed by atoms with Crippen LogP contribution in [0.1, 0.15) is 33.2 Å². The number of rotatable bonds is 8. The van der Waals surface area contributed by atoms with Gasteiger partial charge < -0.3 is 15.0 Å². The summed E-state index contributed by atoms with van der Waals surface area (Å²) in [7, 11) is 1.04. The summed E-state index contributed by atoms with van der Waals surface area (Å²) in [6, 6.07) is 9.44. The molecule has 182 valence electrons. The Labute approximate surface area is 196 Å². The van der Waals surface area contributed by atoms with Crippen LogP contribution in [0.5, 0.6) is 0 Å². The van der Waals surface area contributed by atoms with Crippen molar-refractivity contribution >= 4 is 23.3 Å². The lowest BCUT2D eigenvalue weighted by atomic mass is 10.1. The van der Waals surface area contributed by atoms with Crippen molar-refractivity contribution < 1.29 is 19.2 Å². The molecule has 0 aliphatic rings. The fourth-order valence-electron chi connectivity index (χ4n) is 3.51. The number of nitrogens with two attached hydrogens (primary N) is 1. The number of hydrogen-bond acceptors (Lipinski definition) is 9. The molecule has 0 saturated heterocycles. The summed E-state index contributed by atoms with van der Waals surface area (Å²) in [6.07, 6.45) is 0.910. The molecule has 0 aliphatic heterocycles. The van der Waals surface area contributed by atoms with Gasteiger partial charge in [-0.15, -0.1) is 0 Å². The predicted octanol–water partition coefficient (Wildman–Crippen LogP) is 0.400. The number of aromatic nitrogens is 3. The van der Waals surface area contributed by atoms with E-state index in [-0.39, 0.29) is 18.7 Å². The molecule has 0 fully saturated rings. The minimum absolute atomic E-state index is 0.0324. The van der Waals surface area contributed by atoms with E-state index in [4.69, 9.17) is 5.73 Å². The third-order valence-corrected chi connectivity index (χ3v) is 5.25. The van der Waals surface area contributed by atoms with Gasteiger partial charge in [0.25, 0.3) is 5.56 Å². The number of nitrogens with zero attached hydrogens (tertiary/aromatic N) is 4. The van der Waals surface area contributed by atoms with E-state index in [0.717, 1.165) is 28.5 Å². The SMILES string of the molecule is CCn1c(=O)c(C(=O)Cn2cc(C(=O)OC)cc([N+](=O)[O-])c2=O)c(N)n(Cc2ccccc2)c1=O. The average Bonchev–Trinajstić information content (AvgIpc) is 2.83. The van der Waals surface area contributed by atoms with Crippen molar-refractivity contribution in [2.45, 2.75) is 26.6 Å². The number of Topliss-reactive ketones (excluding diaryl/α,β-unsaturated/α-hetero) is 1. The molecule has 0 radical (unpaired) electrons. The first-order chi connectivity index (χ1) is 16.6. The molecule has 0 saturated carbocycles. The van der Waals surface area contributed by atoms with E-state index in [0.29, 0.717) is 10.1 Å². The fraction of sp³-hybridized carbons (Fsp3) is 0.227. The minimum Gasteiger partial charge on any atom is -0.465 e. The zero-order chi connectivity index (χ0) is 25.9. The second kappa shape index (κ2) is 9.99. The number of esters is 1. The summed E-state index contributed by atoms with van der Waals surface area (Å²) in [5, 5.41) is 11.3. The Hall–Kier alpha value is -4.81. The van der Waals surface area contributed by atoms with Crippen molar-refractivity contribution in [1.29, 1.82) is 0 Å². The van der Waals surface area contributed by atoms with Gasteiger partial charge in [0.2, 0.25) is 0 Å². The highest BCUT2D eigenvalue weighted by molar-refractivity contribution is 5.99. The number of nitro groups is 1. The Morgan fingerprint density at radius 2 is 1.74 bits per heavy atom. The number of benzene rings is 1. The summed E-state index contributed by atoms with van der Waals surface area (Å²) >= 11 is 0. The number of anilines is 1. The highest BCUT2D eigenvalue weighted by Crippen LogP contribution is 2.13. The Bertz CT molecular complexity index is 1500. The van der Waals surface area contributed by atoms with Gasteiger partial charge in [0.1, 0.15) is 11.4 Å². The first-order valence-electron chi connectivity index (χ1n) is 10.3. The maximum Gasteiger partial charge on any atom is 0.339 e. The zero-order valence-electron chi connectivity index (χ0n) is 18.8. The van der Waals surface area contributed by atoms with E-state index in [1.165, 1.54) is 6.92 Å². The maximum absolute atomic E-state index is 13.2. The van der Waals surface area contributed by atoms with Crippen LogP contribution in [0.4, 0.5) is 11.5 Å². The molecule has 0 bridgehead atoms. The van der Waals surface area contributed by atoms with E-state index in [1.807, 2.05) is 0 Å². The van der Waals surface area contributed by atoms with Crippen molar-refractivity contribution in [3.63, 3.8) is 0 Å². The first kappa shape index (κ1) is 24.8. The predicted molar refractivity (Wildman–Crippen MR) is 124 cm³/mol. The number of ether oxygens (including phenoxy) is 1. The van der Waals surface area contributed by atoms with Crippen LogP contribution in [0.15, 0.2) is 57.0 Å². The molecular weight excluding hydrogens is 462 g/mol. The first-order valence-corrected chi connectivity index (χ1v) is 10.3. The Balaban J connectivity index is 2.16. The maximum atomic E-state index is 13.2. The lowest BCUT2D eigenvalue weighted by Crippen LogP contribution is -2.44. The highest BCUT2D eigenvalue weighted by atomic mass is 16.6. The average molecular weight is 483 g/mol. The van der Waals surface area contributed by atoms with E-state index in [2.05, 4.69) is 4.74 Å². The molecule has 3 rings (SSSR count). The van der Waals surface area contributed by atoms with Crippen molar-refractivity contribution in [3.8, 4) is 0 Å². The van der Waals surface area contributed by atoms with Gasteiger partial charge in [0.15, 0.2) is 5.78 Å². The minimum atomic E-state index is -1.18. The van der Waals surface area contributed by atoms with Gasteiger partial charge in [0.05, 0.1) is 30.7 Å². The van der Waals surface area contributed by atoms with E-state index < -0.39 is 57.1 Å². The van der Waals surface area contributed by atoms with Crippen LogP contribution in [0, 0.1) is 10.1 Å². The van der Waals surface area contributed by atoms with Crippen molar-refractivity contribution in [1.82, 2.24) is 13.7 Å². The molecule has 0 aliphatic carbocycles. The van der Waals surface area contributed by atoms with Gasteiger partial charge in [0, 0.05) is 18.8 Å². The second-order valence-corrected chi connectivity index (χ2v) is 7.38. The largest absolute Gasteiger partial charge is 0.465 e. The third kappa shape index (κ3) is 4.78. The number of nitrogen functional groups attached to an aromatic ring is 1. The molecular formula is C22H21N5O8. The summed E-state index contributed by atoms with van der Waals surface area (Å²) in [5.74, 6) is -2.36. The molecule has 0 spiro atoms. The quantitative estimate of drug-likeness (QED) is 0.205. The summed E-state index contributed by atoms with van der Waals surface area (Å²) in [6.45, 7) is 0.594. The molecule has 2 heterocycles. The van der Waals surface area contributed by atoms with E-state index in [9.17, 15) is 34.1 Å². The van der Waals surface area contributed by atoms with Crippen LogP contribution in [0.3, 0.4) is 0 Å². The van der Waals surface area contributed by atoms with Crippen molar-refractivity contribution in [3.05, 3.63) is 101 Å². The molecule has 0 amide bonds. The second-order valence-electron chi connectivity index (χ2n) is 7.38. The topological polar surface area (TPSA) is 179 Å². The van der Waals surface area contributed by atoms with Gasteiger partial charge in [-0.1, -0.05) is 30.3 Å². The molecule has 0 unspecified atom stereocenters. The Morgan fingerprint density at radius 3 is 2.31 bits per heavy atom. The molecule has 13 heteroatoms. The van der Waals surface area contributed by atoms with Crippen LogP contribution >= 0.6 is 0 Å². The van der Waals surface area contributed by atoms with Gasteiger partial charge in [-0.05, 0) is 12.5 Å². The normalized spacial score (nSPS) is 10.7. The van der Waals surface area contributed by atoms with Gasteiger partial charge >= 0.3 is 22.9 Å². The summed E-state index contributed by atoms with van der Waals surface area (Å²) < 4.78 is 7.04. The molecule has 1 aromatic carbocycles. The van der Waals surface area contributed by atoms with E-state index >= 15 is 0 Å². The zero-order valence-corrected chi connectivity index (χ0v) is 18.8. The number of carbonyl (C=O) groups is 2. The number of pyridine rings is 1. The molecule has 3 aromatic rings. The number of methoxy groups -OCH3 is 1. The monoisotopic (exact) mass is 483 g/mol.